The molecule has 0 unspecified atom stereocenters. The minimum Gasteiger partial charge on any atom is -0.465 e. The molecule has 0 fully saturated rings. The van der Waals surface area contributed by atoms with Gasteiger partial charge in [-0.15, -0.1) is 4.83 Å². The Balaban J connectivity index is 2.18. The molecule has 14 nitrogen and oxygen atoms in total. The number of sulfonamides is 2. The molecule has 3 aromatic rings. The smallest absolute Gasteiger partial charge is 0.339 e. The third-order valence-corrected chi connectivity index (χ3v) is 8.15. The van der Waals surface area contributed by atoms with Gasteiger partial charge in [0.25, 0.3) is 20.0 Å². The molecule has 1 heterocycles. The zero-order chi connectivity index (χ0) is 29.0. The lowest BCUT2D eigenvalue weighted by Crippen LogP contribution is -2.52. The maximum absolute atomic E-state index is 13.8. The van der Waals surface area contributed by atoms with E-state index in [2.05, 4.69) is 24.8 Å². The topological polar surface area (TPSA) is 198 Å². The van der Waals surface area contributed by atoms with Crippen LogP contribution in [-0.2, 0) is 29.5 Å². The van der Waals surface area contributed by atoms with Crippen molar-refractivity contribution in [2.75, 3.05) is 19.5 Å². The summed E-state index contributed by atoms with van der Waals surface area (Å²) < 4.78 is 63.7. The van der Waals surface area contributed by atoms with Gasteiger partial charge in [-0.25, -0.2) is 28.0 Å². The fourth-order valence-corrected chi connectivity index (χ4v) is 6.32. The van der Waals surface area contributed by atoms with Crippen LogP contribution >= 0.6 is 0 Å². The lowest BCUT2D eigenvalue weighted by atomic mass is 10.2. The molecule has 16 heteroatoms. The standard InChI is InChI=1S/C23H24N6O8S2/c1-14-13-15(2)26-23(25-14)27-22(24)29(39(34,35)19-12-8-6-10-17(19)21(31)37-4)28-38(32,33)18-11-7-5-9-16(18)20(30)36-3/h5-13,28H,1-4H3,(H2,24,25,26,27). The highest BCUT2D eigenvalue weighted by molar-refractivity contribution is 7.92. The number of carbonyl (C=O) groups is 2. The lowest BCUT2D eigenvalue weighted by Gasteiger charge is -2.26. The Labute approximate surface area is 224 Å². The number of carbonyl (C=O) groups excluding carboxylic acids is 2. The van der Waals surface area contributed by atoms with Crippen LogP contribution in [0.4, 0.5) is 5.95 Å². The number of aromatic nitrogens is 2. The monoisotopic (exact) mass is 576 g/mol. The summed E-state index contributed by atoms with van der Waals surface area (Å²) in [4.78, 5) is 33.2. The summed E-state index contributed by atoms with van der Waals surface area (Å²) in [5, 5.41) is 10.8. The molecule has 0 aliphatic heterocycles. The molecule has 0 saturated carbocycles. The number of benzene rings is 2. The van der Waals surface area contributed by atoms with E-state index in [0.29, 0.717) is 11.4 Å². The summed E-state index contributed by atoms with van der Waals surface area (Å²) in [5.41, 5.74) is 0.151. The first-order valence-electron chi connectivity index (χ1n) is 10.9. The number of anilines is 1. The fourth-order valence-electron chi connectivity index (χ4n) is 3.36. The van der Waals surface area contributed by atoms with E-state index in [1.54, 1.807) is 19.9 Å². The van der Waals surface area contributed by atoms with Crippen LogP contribution in [-0.4, -0.2) is 63.3 Å². The second kappa shape index (κ2) is 11.5. The van der Waals surface area contributed by atoms with E-state index in [9.17, 15) is 26.4 Å². The van der Waals surface area contributed by atoms with E-state index >= 15 is 0 Å². The molecule has 0 saturated heterocycles. The Hall–Kier alpha value is -4.41. The van der Waals surface area contributed by atoms with Crippen LogP contribution in [0, 0.1) is 19.3 Å². The largest absolute Gasteiger partial charge is 0.465 e. The van der Waals surface area contributed by atoms with Crippen LogP contribution in [0.25, 0.3) is 0 Å². The maximum Gasteiger partial charge on any atom is 0.339 e. The predicted molar refractivity (Wildman–Crippen MR) is 138 cm³/mol. The van der Waals surface area contributed by atoms with Crippen molar-refractivity contribution in [2.45, 2.75) is 23.6 Å². The Kier molecular flexibility index (Phi) is 8.63. The molecule has 0 aliphatic rings. The van der Waals surface area contributed by atoms with Crippen molar-refractivity contribution < 1.29 is 35.9 Å². The summed E-state index contributed by atoms with van der Waals surface area (Å²) in [5.74, 6) is -3.27. The van der Waals surface area contributed by atoms with Gasteiger partial charge in [0.05, 0.1) is 30.2 Å². The van der Waals surface area contributed by atoms with Crippen LogP contribution in [0.1, 0.15) is 32.1 Å². The highest BCUT2D eigenvalue weighted by atomic mass is 32.2. The van der Waals surface area contributed by atoms with E-state index < -0.39 is 58.9 Å². The van der Waals surface area contributed by atoms with Crippen molar-refractivity contribution >= 4 is 43.9 Å². The molecule has 2 aromatic carbocycles. The zero-order valence-corrected chi connectivity index (χ0v) is 22.8. The quantitative estimate of drug-likeness (QED) is 0.152. The molecule has 39 heavy (non-hydrogen) atoms. The summed E-state index contributed by atoms with van der Waals surface area (Å²) in [6.45, 7) is 3.27. The second-order valence-electron chi connectivity index (χ2n) is 7.79. The summed E-state index contributed by atoms with van der Waals surface area (Å²) in [7, 11) is -7.81. The van der Waals surface area contributed by atoms with Gasteiger partial charge in [0.2, 0.25) is 11.9 Å². The molecule has 1 aromatic heterocycles. The number of aryl methyl sites for hydroxylation is 2. The highest BCUT2D eigenvalue weighted by Gasteiger charge is 2.36. The molecule has 0 spiro atoms. The number of nitrogens with one attached hydrogen (secondary N) is 3. The first-order chi connectivity index (χ1) is 18.3. The molecule has 206 valence electrons. The third kappa shape index (κ3) is 6.36. The minimum absolute atomic E-state index is 0.0147. The normalized spacial score (nSPS) is 11.4. The molecule has 0 radical (unpaired) electrons. The van der Waals surface area contributed by atoms with Crippen LogP contribution < -0.4 is 10.1 Å². The minimum atomic E-state index is -5.02. The van der Waals surface area contributed by atoms with Gasteiger partial charge in [0.15, 0.2) is 0 Å². The number of methoxy groups -OCH3 is 2. The number of rotatable bonds is 8. The van der Waals surface area contributed by atoms with Gasteiger partial charge in [-0.05, 0) is 44.2 Å². The Morgan fingerprint density at radius 1 is 0.821 bits per heavy atom. The third-order valence-electron chi connectivity index (χ3n) is 5.01. The molecule has 0 aliphatic carbocycles. The van der Waals surface area contributed by atoms with Crippen LogP contribution in [0.3, 0.4) is 0 Å². The number of guanidine groups is 1. The van der Waals surface area contributed by atoms with Gasteiger partial charge in [-0.1, -0.05) is 24.3 Å². The summed E-state index contributed by atoms with van der Waals surface area (Å²) >= 11 is 0. The van der Waals surface area contributed by atoms with Gasteiger partial charge in [0.1, 0.15) is 4.90 Å². The second-order valence-corrected chi connectivity index (χ2v) is 11.2. The molecule has 3 N–H and O–H groups in total. The fraction of sp³-hybridized carbons (Fsp3) is 0.174. The zero-order valence-electron chi connectivity index (χ0n) is 21.1. The Morgan fingerprint density at radius 2 is 1.28 bits per heavy atom. The average Bonchev–Trinajstić information content (AvgIpc) is 2.90. The SMILES string of the molecule is COC(=O)c1ccccc1S(=O)(=O)NN(C(=N)Nc1nc(C)cc(C)n1)S(=O)(=O)c1ccccc1C(=O)OC. The van der Waals surface area contributed by atoms with Crippen molar-refractivity contribution in [3.8, 4) is 0 Å². The summed E-state index contributed by atoms with van der Waals surface area (Å²) in [6, 6.07) is 11.4. The number of hydrogen-bond acceptors (Lipinski definition) is 11. The molecule has 0 amide bonds. The van der Waals surface area contributed by atoms with E-state index in [-0.39, 0.29) is 10.4 Å². The van der Waals surface area contributed by atoms with Gasteiger partial charge in [-0.3, -0.25) is 10.7 Å². The van der Waals surface area contributed by atoms with Gasteiger partial charge in [0, 0.05) is 11.4 Å². The Morgan fingerprint density at radius 3 is 1.79 bits per heavy atom. The number of esters is 2. The van der Waals surface area contributed by atoms with Crippen LogP contribution in [0.2, 0.25) is 0 Å². The molecule has 0 atom stereocenters. The van der Waals surface area contributed by atoms with Gasteiger partial charge < -0.3 is 9.47 Å². The van der Waals surface area contributed by atoms with Gasteiger partial charge in [-0.2, -0.15) is 12.8 Å². The first-order valence-corrected chi connectivity index (χ1v) is 13.8. The van der Waals surface area contributed by atoms with Crippen molar-refractivity contribution in [1.82, 2.24) is 19.2 Å². The van der Waals surface area contributed by atoms with Crippen molar-refractivity contribution in [1.29, 1.82) is 5.41 Å². The first kappa shape index (κ1) is 29.2. The van der Waals surface area contributed by atoms with E-state index in [0.717, 1.165) is 32.4 Å². The van der Waals surface area contributed by atoms with E-state index in [1.807, 2.05) is 4.83 Å². The van der Waals surface area contributed by atoms with Crippen molar-refractivity contribution in [3.05, 3.63) is 77.1 Å². The van der Waals surface area contributed by atoms with Crippen LogP contribution in [0.5, 0.6) is 0 Å². The van der Waals surface area contributed by atoms with Gasteiger partial charge >= 0.3 is 11.9 Å². The number of hydrogen-bond donors (Lipinski definition) is 3. The number of hydrazine groups is 1. The molecular weight excluding hydrogens is 552 g/mol. The number of nitrogens with zero attached hydrogens (tertiary/aromatic N) is 3. The average molecular weight is 577 g/mol. The predicted octanol–water partition coefficient (Wildman–Crippen LogP) is 1.60. The van der Waals surface area contributed by atoms with Crippen LogP contribution in [0.15, 0.2) is 64.4 Å². The van der Waals surface area contributed by atoms with Crippen molar-refractivity contribution in [3.63, 3.8) is 0 Å². The molecule has 0 bridgehead atoms. The van der Waals surface area contributed by atoms with E-state index in [1.165, 1.54) is 30.3 Å². The summed E-state index contributed by atoms with van der Waals surface area (Å²) in [6.07, 6.45) is 0. The lowest BCUT2D eigenvalue weighted by molar-refractivity contribution is 0.0587. The Bertz CT molecular complexity index is 1640. The molecule has 3 rings (SSSR count). The van der Waals surface area contributed by atoms with Crippen molar-refractivity contribution in [2.24, 2.45) is 0 Å². The molecular formula is C23H24N6O8S2. The highest BCUT2D eigenvalue weighted by Crippen LogP contribution is 2.23. The maximum atomic E-state index is 13.8. The van der Waals surface area contributed by atoms with E-state index in [4.69, 9.17) is 5.41 Å². The number of ether oxygens (including phenoxy) is 2.